The number of aromatic nitrogens is 4. The van der Waals surface area contributed by atoms with Gasteiger partial charge < -0.3 is 9.74 Å². The number of carbonyl (C=O) groups is 1. The molecule has 10 heteroatoms. The standard InChI is InChI=1S/C33H31ClN6O2Si/c1-22(42-43(25-9-5-4-6-10-25)31-12-8-7-11-26(31)33(43,2)3)29-20-30(38-37-29)32(41)36-16-18-40-17-15-28(39-40)23-13-14-24(21-35)27(34)19-23/h4-15,17,19-20,22H,16,18H2,1-3H3,(H,36,41)(H,37,38)/t22-,43?/m1/s1. The van der Waals surface area contributed by atoms with Crippen molar-refractivity contribution < 1.29 is 9.22 Å². The quantitative estimate of drug-likeness (QED) is 0.232. The van der Waals surface area contributed by atoms with Crippen LogP contribution in [0.15, 0.2) is 91.1 Å². The van der Waals surface area contributed by atoms with Crippen molar-refractivity contribution in [3.8, 4) is 17.3 Å². The van der Waals surface area contributed by atoms with Gasteiger partial charge in [-0.25, -0.2) is 0 Å². The third kappa shape index (κ3) is 4.97. The van der Waals surface area contributed by atoms with Crippen molar-refractivity contribution in [1.29, 1.82) is 5.26 Å². The van der Waals surface area contributed by atoms with Crippen molar-refractivity contribution >= 4 is 36.2 Å². The number of nitrogens with zero attached hydrogens (tertiary/aromatic N) is 4. The summed E-state index contributed by atoms with van der Waals surface area (Å²) in [6, 6.07) is 30.0. The maximum atomic E-state index is 12.9. The number of H-pyrrole nitrogens is 1. The van der Waals surface area contributed by atoms with Gasteiger partial charge in [0.15, 0.2) is 0 Å². The van der Waals surface area contributed by atoms with Crippen molar-refractivity contribution in [2.75, 3.05) is 6.54 Å². The van der Waals surface area contributed by atoms with E-state index in [2.05, 4.69) is 89.1 Å². The maximum absolute atomic E-state index is 12.9. The van der Waals surface area contributed by atoms with Crippen LogP contribution in [-0.2, 0) is 16.0 Å². The molecule has 3 heterocycles. The van der Waals surface area contributed by atoms with Crippen molar-refractivity contribution in [3.05, 3.63) is 119 Å². The molecule has 3 aromatic carbocycles. The smallest absolute Gasteiger partial charge is 0.271 e. The summed E-state index contributed by atoms with van der Waals surface area (Å²) in [6.07, 6.45) is 1.54. The van der Waals surface area contributed by atoms with Crippen LogP contribution in [0.4, 0.5) is 0 Å². The van der Waals surface area contributed by atoms with E-state index in [1.807, 2.05) is 31.3 Å². The third-order valence-electron chi connectivity index (χ3n) is 8.31. The number of rotatable bonds is 9. The van der Waals surface area contributed by atoms with Crippen molar-refractivity contribution in [2.24, 2.45) is 0 Å². The van der Waals surface area contributed by atoms with Crippen molar-refractivity contribution in [1.82, 2.24) is 25.3 Å². The van der Waals surface area contributed by atoms with Crippen molar-refractivity contribution in [2.45, 2.75) is 38.5 Å². The molecule has 0 bridgehead atoms. The number of nitriles is 1. The number of carbonyl (C=O) groups excluding carboxylic acids is 1. The van der Waals surface area contributed by atoms with Gasteiger partial charge in [-0.2, -0.15) is 15.5 Å². The van der Waals surface area contributed by atoms with Gasteiger partial charge in [0.25, 0.3) is 14.2 Å². The van der Waals surface area contributed by atoms with E-state index in [1.165, 1.54) is 15.9 Å². The maximum Gasteiger partial charge on any atom is 0.271 e. The van der Waals surface area contributed by atoms with E-state index >= 15 is 0 Å². The van der Waals surface area contributed by atoms with Crippen LogP contribution in [-0.4, -0.2) is 40.7 Å². The molecule has 1 aliphatic rings. The highest BCUT2D eigenvalue weighted by atomic mass is 35.5. The zero-order valence-corrected chi connectivity index (χ0v) is 25.9. The first-order chi connectivity index (χ1) is 20.7. The Morgan fingerprint density at radius 3 is 2.65 bits per heavy atom. The molecular formula is C33H31ClN6O2Si. The van der Waals surface area contributed by atoms with Crippen LogP contribution >= 0.6 is 11.6 Å². The largest absolute Gasteiger partial charge is 0.399 e. The summed E-state index contributed by atoms with van der Waals surface area (Å²) < 4.78 is 8.83. The molecule has 216 valence electrons. The lowest BCUT2D eigenvalue weighted by atomic mass is 10.0. The second-order valence-corrected chi connectivity index (χ2v) is 15.6. The highest BCUT2D eigenvalue weighted by Gasteiger charge is 2.63. The predicted molar refractivity (Wildman–Crippen MR) is 169 cm³/mol. The molecule has 8 nitrogen and oxygen atoms in total. The number of aromatic amines is 1. The molecule has 2 aromatic heterocycles. The number of halogens is 1. The van der Waals surface area contributed by atoms with Crippen LogP contribution in [0.3, 0.4) is 0 Å². The Morgan fingerprint density at radius 1 is 1.12 bits per heavy atom. The van der Waals surface area contributed by atoms with E-state index < -0.39 is 8.32 Å². The Labute approximate surface area is 256 Å². The topological polar surface area (TPSA) is 109 Å². The monoisotopic (exact) mass is 606 g/mol. The molecule has 0 saturated carbocycles. The number of fused-ring (bicyclic) bond motifs is 1. The zero-order valence-electron chi connectivity index (χ0n) is 24.1. The van der Waals surface area contributed by atoms with Crippen LogP contribution in [0.25, 0.3) is 11.3 Å². The summed E-state index contributed by atoms with van der Waals surface area (Å²) in [7, 11) is -2.60. The lowest BCUT2D eigenvalue weighted by Crippen LogP contribution is -2.80. The lowest BCUT2D eigenvalue weighted by molar-refractivity contribution is 0.0947. The Balaban J connectivity index is 1.11. The van der Waals surface area contributed by atoms with Crippen LogP contribution in [0.5, 0.6) is 0 Å². The summed E-state index contributed by atoms with van der Waals surface area (Å²) in [5.74, 6) is -0.273. The molecule has 43 heavy (non-hydrogen) atoms. The number of hydrogen-bond acceptors (Lipinski definition) is 5. The normalized spacial score (nSPS) is 17.4. The fraction of sp³-hybridized carbons (Fsp3) is 0.212. The molecule has 1 amide bonds. The SMILES string of the molecule is C[C@@H](O[Si]1(c2ccccc2)c2ccccc2C1(C)C)c1cc(C(=O)NCCn2ccc(-c3ccc(C#N)c(Cl)c3)n2)n[nH]1. The molecule has 0 saturated heterocycles. The average Bonchev–Trinajstić information content (AvgIpc) is 3.71. The van der Waals surface area contributed by atoms with Gasteiger partial charge in [0, 0.05) is 23.3 Å². The Morgan fingerprint density at radius 2 is 1.88 bits per heavy atom. The predicted octanol–water partition coefficient (Wildman–Crippen LogP) is 4.90. The van der Waals surface area contributed by atoms with Crippen LogP contribution < -0.4 is 15.7 Å². The zero-order chi connectivity index (χ0) is 30.2. The first-order valence-electron chi connectivity index (χ1n) is 14.1. The summed E-state index contributed by atoms with van der Waals surface area (Å²) >= 11 is 6.17. The first-order valence-corrected chi connectivity index (χ1v) is 16.4. The third-order valence-corrected chi connectivity index (χ3v) is 13.7. The second kappa shape index (κ2) is 11.3. The van der Waals surface area contributed by atoms with Crippen molar-refractivity contribution in [3.63, 3.8) is 0 Å². The fourth-order valence-corrected chi connectivity index (χ4v) is 11.4. The van der Waals surface area contributed by atoms with Gasteiger partial charge in [-0.3, -0.25) is 14.6 Å². The molecule has 6 rings (SSSR count). The van der Waals surface area contributed by atoms with Crippen LogP contribution in [0.1, 0.15) is 54.2 Å². The van der Waals surface area contributed by atoms with Gasteiger partial charge in [0.2, 0.25) is 0 Å². The van der Waals surface area contributed by atoms with Gasteiger partial charge in [0.1, 0.15) is 11.8 Å². The Kier molecular flexibility index (Phi) is 7.52. The molecule has 2 N–H and O–H groups in total. The molecule has 2 atom stereocenters. The second-order valence-electron chi connectivity index (χ2n) is 11.2. The van der Waals surface area contributed by atoms with E-state index in [4.69, 9.17) is 21.3 Å². The summed E-state index contributed by atoms with van der Waals surface area (Å²) in [6.45, 7) is 7.41. The van der Waals surface area contributed by atoms with Gasteiger partial charge >= 0.3 is 0 Å². The van der Waals surface area contributed by atoms with Crippen LogP contribution in [0.2, 0.25) is 5.02 Å². The molecule has 0 radical (unpaired) electrons. The number of nitrogens with one attached hydrogen (secondary N) is 2. The summed E-state index contributed by atoms with van der Waals surface area (Å²) in [5.41, 5.74) is 4.36. The molecule has 1 aliphatic heterocycles. The van der Waals surface area contributed by atoms with Gasteiger partial charge in [0.05, 0.1) is 34.6 Å². The molecule has 0 spiro atoms. The minimum Gasteiger partial charge on any atom is -0.399 e. The highest BCUT2D eigenvalue weighted by molar-refractivity contribution is 7.03. The van der Waals surface area contributed by atoms with Crippen LogP contribution in [0, 0.1) is 11.3 Å². The lowest BCUT2D eigenvalue weighted by Gasteiger charge is -2.55. The summed E-state index contributed by atoms with van der Waals surface area (Å²) in [4.78, 5) is 12.9. The van der Waals surface area contributed by atoms with E-state index in [-0.39, 0.29) is 17.0 Å². The molecule has 1 unspecified atom stereocenters. The molecule has 0 aliphatic carbocycles. The van der Waals surface area contributed by atoms with E-state index in [0.717, 1.165) is 17.0 Å². The Hall–Kier alpha value is -4.49. The molecule has 0 fully saturated rings. The minimum atomic E-state index is -2.60. The van der Waals surface area contributed by atoms with E-state index in [1.54, 1.807) is 22.9 Å². The molecular weight excluding hydrogens is 576 g/mol. The summed E-state index contributed by atoms with van der Waals surface area (Å²) in [5, 5.41) is 26.7. The number of benzene rings is 3. The van der Waals surface area contributed by atoms with Gasteiger partial charge in [-0.15, -0.1) is 0 Å². The first kappa shape index (κ1) is 28.6. The highest BCUT2D eigenvalue weighted by Crippen LogP contribution is 2.44. The molecule has 5 aromatic rings. The minimum absolute atomic E-state index is 0.127. The van der Waals surface area contributed by atoms with Gasteiger partial charge in [-0.1, -0.05) is 86.1 Å². The van der Waals surface area contributed by atoms with E-state index in [0.29, 0.717) is 29.4 Å². The number of hydrogen-bond donors (Lipinski definition) is 2. The van der Waals surface area contributed by atoms with Gasteiger partial charge in [-0.05, 0) is 47.1 Å². The average molecular weight is 607 g/mol. The number of amides is 1. The van der Waals surface area contributed by atoms with E-state index in [9.17, 15) is 4.79 Å². The fourth-order valence-electron chi connectivity index (χ4n) is 6.04. The Bertz CT molecular complexity index is 1840.